The molecule has 10 N–H and O–H groups in total. The van der Waals surface area contributed by atoms with Crippen LogP contribution in [0.25, 0.3) is 0 Å². The number of aliphatic imine (C=N–C) groups is 1. The molecule has 12 heteroatoms. The Hall–Kier alpha value is -1.70. The van der Waals surface area contributed by atoms with Crippen LogP contribution in [0, 0.1) is 5.21 Å². The van der Waals surface area contributed by atoms with Crippen molar-refractivity contribution >= 4 is 12.1 Å². The molecule has 3 aliphatic rings. The molecule has 2 fully saturated rings. The van der Waals surface area contributed by atoms with Crippen LogP contribution < -0.4 is 27.6 Å². The first-order valence-corrected chi connectivity index (χ1v) is 6.75. The summed E-state index contributed by atoms with van der Waals surface area (Å²) < 4.78 is 4.70. The summed E-state index contributed by atoms with van der Waals surface area (Å²) in [5.74, 6) is -2.25. The Morgan fingerprint density at radius 3 is 2.95 bits per heavy atom. The molecule has 3 heterocycles. The van der Waals surface area contributed by atoms with E-state index in [0.717, 1.165) is 0 Å². The number of hydrogen-bond acceptors (Lipinski definition) is 10. The van der Waals surface area contributed by atoms with Crippen LogP contribution in [-0.4, -0.2) is 70.1 Å². The number of hydroxylamine groups is 2. The Bertz CT molecular complexity index is 528. The Morgan fingerprint density at radius 2 is 2.32 bits per heavy atom. The minimum Gasteiger partial charge on any atom is -0.632 e. The maximum absolute atomic E-state index is 12.4. The molecule has 0 saturated carbocycles. The fraction of sp³-hybridized carbons (Fsp3) is 0.800. The average Bonchev–Trinajstić information content (AvgIpc) is 2.89. The van der Waals surface area contributed by atoms with E-state index < -0.39 is 41.0 Å². The number of aliphatic hydroxyl groups is 2. The van der Waals surface area contributed by atoms with Gasteiger partial charge in [0.2, 0.25) is 12.1 Å². The van der Waals surface area contributed by atoms with E-state index in [2.05, 4.69) is 10.3 Å². The SMILES string of the molecule is NC(=O)OCC1C2N=C(N)NC23N(CCC3(O)O)C(N)[NH+]1[O-]. The summed E-state index contributed by atoms with van der Waals surface area (Å²) in [6.45, 7) is -0.188. The molecule has 3 rings (SSSR count). The molecule has 0 aliphatic carbocycles. The zero-order valence-corrected chi connectivity index (χ0v) is 11.6. The van der Waals surface area contributed by atoms with Crippen molar-refractivity contribution in [3.05, 3.63) is 5.21 Å². The first kappa shape index (κ1) is 15.2. The number of nitrogens with two attached hydrogens (primary N) is 3. The van der Waals surface area contributed by atoms with Gasteiger partial charge in [-0.2, -0.15) is 0 Å². The number of ether oxygens (including phenoxy) is 1. The summed E-state index contributed by atoms with van der Waals surface area (Å²) in [6.07, 6.45) is -2.19. The Labute approximate surface area is 125 Å². The molecular weight excluding hydrogens is 298 g/mol. The molecule has 0 aromatic carbocycles. The van der Waals surface area contributed by atoms with E-state index in [-0.39, 0.29) is 25.5 Å². The van der Waals surface area contributed by atoms with Crippen LogP contribution in [0.15, 0.2) is 4.99 Å². The van der Waals surface area contributed by atoms with Crippen molar-refractivity contribution in [1.82, 2.24) is 10.2 Å². The lowest BCUT2D eigenvalue weighted by Crippen LogP contribution is -3.23. The van der Waals surface area contributed by atoms with Crippen molar-refractivity contribution in [2.45, 2.75) is 36.2 Å². The number of amides is 1. The molecule has 0 aromatic heterocycles. The number of nitrogens with one attached hydrogen (secondary N) is 2. The quantitative estimate of drug-likeness (QED) is 0.191. The maximum Gasteiger partial charge on any atom is 0.404 e. The highest BCUT2D eigenvalue weighted by molar-refractivity contribution is 5.81. The van der Waals surface area contributed by atoms with Gasteiger partial charge < -0.3 is 42.0 Å². The predicted octanol–water partition coefficient (Wildman–Crippen LogP) is -5.54. The molecule has 5 atom stereocenters. The normalized spacial score (nSPS) is 43.0. The molecule has 1 amide bonds. The van der Waals surface area contributed by atoms with E-state index in [1.807, 2.05) is 0 Å². The maximum atomic E-state index is 12.4. The molecule has 2 saturated heterocycles. The summed E-state index contributed by atoms with van der Waals surface area (Å²) in [4.78, 5) is 16.3. The van der Waals surface area contributed by atoms with Gasteiger partial charge in [0.1, 0.15) is 6.61 Å². The molecule has 1 spiro atoms. The molecule has 22 heavy (non-hydrogen) atoms. The van der Waals surface area contributed by atoms with Gasteiger partial charge in [-0.3, -0.25) is 5.73 Å². The topological polar surface area (TPSA) is 200 Å². The number of nitrogens with zero attached hydrogens (tertiary/aromatic N) is 2. The van der Waals surface area contributed by atoms with E-state index in [4.69, 9.17) is 21.9 Å². The lowest BCUT2D eigenvalue weighted by Gasteiger charge is -2.55. The van der Waals surface area contributed by atoms with Gasteiger partial charge in [-0.1, -0.05) is 0 Å². The van der Waals surface area contributed by atoms with E-state index in [9.17, 15) is 20.2 Å². The number of carbonyl (C=O) groups is 1. The lowest BCUT2D eigenvalue weighted by molar-refractivity contribution is -0.926. The summed E-state index contributed by atoms with van der Waals surface area (Å²) in [6, 6.07) is -1.94. The highest BCUT2D eigenvalue weighted by Gasteiger charge is 2.72. The van der Waals surface area contributed by atoms with E-state index in [0.29, 0.717) is 0 Å². The molecule has 0 aromatic rings. The van der Waals surface area contributed by atoms with Crippen molar-refractivity contribution in [1.29, 1.82) is 0 Å². The van der Waals surface area contributed by atoms with Crippen LogP contribution in [-0.2, 0) is 4.74 Å². The second-order valence-corrected chi connectivity index (χ2v) is 5.69. The molecule has 3 aliphatic heterocycles. The zero-order chi connectivity index (χ0) is 16.3. The first-order valence-electron chi connectivity index (χ1n) is 6.75. The number of carbonyl (C=O) groups excluding carboxylic acids is 1. The minimum absolute atomic E-state index is 0.0380. The third-order valence-corrected chi connectivity index (χ3v) is 4.57. The first-order chi connectivity index (χ1) is 10.2. The highest BCUT2D eigenvalue weighted by Crippen LogP contribution is 2.43. The van der Waals surface area contributed by atoms with Gasteiger partial charge in [-0.25, -0.2) is 14.7 Å². The van der Waals surface area contributed by atoms with Crippen molar-refractivity contribution in [3.63, 3.8) is 0 Å². The van der Waals surface area contributed by atoms with E-state index in [1.54, 1.807) is 0 Å². The van der Waals surface area contributed by atoms with Crippen LogP contribution in [0.2, 0.25) is 0 Å². The zero-order valence-electron chi connectivity index (χ0n) is 11.6. The van der Waals surface area contributed by atoms with Crippen LogP contribution in [0.3, 0.4) is 0 Å². The number of quaternary nitrogens is 1. The molecule has 0 radical (unpaired) electrons. The van der Waals surface area contributed by atoms with Crippen LogP contribution in [0.5, 0.6) is 0 Å². The third kappa shape index (κ3) is 1.79. The highest BCUT2D eigenvalue weighted by atomic mass is 16.6. The number of guanidine groups is 1. The number of hydrogen-bond donors (Lipinski definition) is 7. The van der Waals surface area contributed by atoms with Crippen LogP contribution in [0.4, 0.5) is 4.79 Å². The second kappa shape index (κ2) is 4.65. The van der Waals surface area contributed by atoms with Gasteiger partial charge >= 0.3 is 6.09 Å². The van der Waals surface area contributed by atoms with Crippen molar-refractivity contribution in [2.75, 3.05) is 13.2 Å². The van der Waals surface area contributed by atoms with Gasteiger partial charge in [0, 0.05) is 13.0 Å². The van der Waals surface area contributed by atoms with Gasteiger partial charge in [0.25, 0.3) is 0 Å². The predicted molar refractivity (Wildman–Crippen MR) is 71.4 cm³/mol. The minimum atomic E-state index is -2.20. The smallest absolute Gasteiger partial charge is 0.404 e. The largest absolute Gasteiger partial charge is 0.632 e. The summed E-state index contributed by atoms with van der Waals surface area (Å²) >= 11 is 0. The Morgan fingerprint density at radius 1 is 1.64 bits per heavy atom. The van der Waals surface area contributed by atoms with Crippen molar-refractivity contribution < 1.29 is 24.8 Å². The van der Waals surface area contributed by atoms with Gasteiger partial charge in [0.05, 0.1) is 0 Å². The molecule has 124 valence electrons. The van der Waals surface area contributed by atoms with Crippen molar-refractivity contribution in [3.8, 4) is 0 Å². The van der Waals surface area contributed by atoms with Crippen LogP contribution in [0.1, 0.15) is 6.42 Å². The second-order valence-electron chi connectivity index (χ2n) is 5.69. The van der Waals surface area contributed by atoms with Gasteiger partial charge in [0.15, 0.2) is 23.7 Å². The standard InChI is InChI=1S/C10H19N7O5/c11-6-14-5-4(3-22-8(13)18)17(21)7(12)16-2-1-9(19,20)10(5,16)15-6/h4-5,7,17,19-20H,1-3,12H2,(H2,13,18)(H3,11,14,15). The average molecular weight is 317 g/mol. The number of rotatable bonds is 2. The Balaban J connectivity index is 2.01. The fourth-order valence-electron chi connectivity index (χ4n) is 3.61. The van der Waals surface area contributed by atoms with E-state index in [1.165, 1.54) is 4.90 Å². The van der Waals surface area contributed by atoms with Gasteiger partial charge in [-0.05, 0) is 0 Å². The summed E-state index contributed by atoms with van der Waals surface area (Å²) in [5.41, 5.74) is 15.0. The monoisotopic (exact) mass is 317 g/mol. The fourth-order valence-corrected chi connectivity index (χ4v) is 3.61. The molecule has 5 unspecified atom stereocenters. The van der Waals surface area contributed by atoms with Crippen molar-refractivity contribution in [2.24, 2.45) is 22.2 Å². The summed E-state index contributed by atoms with van der Waals surface area (Å²) in [5, 5.41) is 35.5. The molecule has 0 bridgehead atoms. The van der Waals surface area contributed by atoms with Gasteiger partial charge in [-0.15, -0.1) is 0 Å². The third-order valence-electron chi connectivity index (χ3n) is 4.57. The van der Waals surface area contributed by atoms with E-state index >= 15 is 0 Å². The summed E-state index contributed by atoms with van der Waals surface area (Å²) in [7, 11) is 0. The number of primary amides is 1. The molecule has 12 nitrogen and oxygen atoms in total. The Kier molecular flexibility index (Phi) is 3.21. The lowest BCUT2D eigenvalue weighted by atomic mass is 9.85. The molecular formula is C10H19N7O5. The van der Waals surface area contributed by atoms with Crippen LogP contribution >= 0.6 is 0 Å².